The van der Waals surface area contributed by atoms with Crippen molar-refractivity contribution in [2.75, 3.05) is 4.72 Å². The van der Waals surface area contributed by atoms with Gasteiger partial charge in [-0.05, 0) is 18.6 Å². The lowest BCUT2D eigenvalue weighted by atomic mass is 10.1. The van der Waals surface area contributed by atoms with Gasteiger partial charge in [0.2, 0.25) is 0 Å². The highest BCUT2D eigenvalue weighted by Crippen LogP contribution is 2.32. The van der Waals surface area contributed by atoms with E-state index >= 15 is 0 Å². The average Bonchev–Trinajstić information content (AvgIpc) is 2.99. The first-order valence-electron chi connectivity index (χ1n) is 7.73. The Kier molecular flexibility index (Phi) is 4.66. The van der Waals surface area contributed by atoms with Gasteiger partial charge >= 0.3 is 0 Å². The molecule has 0 aliphatic heterocycles. The van der Waals surface area contributed by atoms with E-state index in [-0.39, 0.29) is 4.90 Å². The standard InChI is InChI=1S/C18H18N2O3S/c1-2-9-16-18(17(19-23-16)14-10-5-3-6-11-14)20-24(21,22)15-12-7-4-8-13-15/h3-8,10-13,20H,2,9H2,1H3. The molecule has 5 nitrogen and oxygen atoms in total. The van der Waals surface area contributed by atoms with Crippen LogP contribution in [-0.4, -0.2) is 13.6 Å². The number of aromatic nitrogens is 1. The number of hydrogen-bond donors (Lipinski definition) is 1. The van der Waals surface area contributed by atoms with Crippen LogP contribution in [0.25, 0.3) is 11.3 Å². The van der Waals surface area contributed by atoms with Crippen molar-refractivity contribution >= 4 is 15.7 Å². The third kappa shape index (κ3) is 3.33. The van der Waals surface area contributed by atoms with Crippen LogP contribution in [0, 0.1) is 0 Å². The van der Waals surface area contributed by atoms with Crippen LogP contribution >= 0.6 is 0 Å². The van der Waals surface area contributed by atoms with Crippen molar-refractivity contribution in [2.45, 2.75) is 24.7 Å². The predicted molar refractivity (Wildman–Crippen MR) is 93.2 cm³/mol. The van der Waals surface area contributed by atoms with Gasteiger partial charge in [0.15, 0.2) is 5.76 Å². The molecule has 0 saturated heterocycles. The number of benzene rings is 2. The van der Waals surface area contributed by atoms with Crippen molar-refractivity contribution in [3.05, 3.63) is 66.4 Å². The SMILES string of the molecule is CCCc1onc(-c2ccccc2)c1NS(=O)(=O)c1ccccc1. The van der Waals surface area contributed by atoms with Crippen LogP contribution < -0.4 is 4.72 Å². The Morgan fingerprint density at radius 2 is 1.62 bits per heavy atom. The lowest BCUT2D eigenvalue weighted by Crippen LogP contribution is -2.14. The largest absolute Gasteiger partial charge is 0.358 e. The van der Waals surface area contributed by atoms with Gasteiger partial charge < -0.3 is 4.52 Å². The first-order valence-corrected chi connectivity index (χ1v) is 9.22. The van der Waals surface area contributed by atoms with Crippen molar-refractivity contribution in [3.8, 4) is 11.3 Å². The monoisotopic (exact) mass is 342 g/mol. The molecule has 3 aromatic rings. The lowest BCUT2D eigenvalue weighted by molar-refractivity contribution is 0.385. The van der Waals surface area contributed by atoms with E-state index in [1.807, 2.05) is 37.3 Å². The van der Waals surface area contributed by atoms with Gasteiger partial charge in [0, 0.05) is 12.0 Å². The van der Waals surface area contributed by atoms with Gasteiger partial charge in [-0.1, -0.05) is 60.6 Å². The highest BCUT2D eigenvalue weighted by Gasteiger charge is 2.23. The van der Waals surface area contributed by atoms with Crippen molar-refractivity contribution < 1.29 is 12.9 Å². The molecule has 2 aromatic carbocycles. The van der Waals surface area contributed by atoms with Gasteiger partial charge in [-0.3, -0.25) is 4.72 Å². The van der Waals surface area contributed by atoms with Crippen LogP contribution in [0.1, 0.15) is 19.1 Å². The zero-order valence-electron chi connectivity index (χ0n) is 13.3. The quantitative estimate of drug-likeness (QED) is 0.732. The third-order valence-electron chi connectivity index (χ3n) is 3.58. The summed E-state index contributed by atoms with van der Waals surface area (Å²) in [7, 11) is -3.70. The van der Waals surface area contributed by atoms with E-state index in [4.69, 9.17) is 4.52 Å². The van der Waals surface area contributed by atoms with E-state index in [1.165, 1.54) is 0 Å². The smallest absolute Gasteiger partial charge is 0.262 e. The van der Waals surface area contributed by atoms with Crippen LogP contribution in [-0.2, 0) is 16.4 Å². The molecular formula is C18H18N2O3S. The number of anilines is 1. The Morgan fingerprint density at radius 1 is 1.00 bits per heavy atom. The van der Waals surface area contributed by atoms with E-state index in [9.17, 15) is 8.42 Å². The second-order valence-corrected chi connectivity index (χ2v) is 7.05. The zero-order chi connectivity index (χ0) is 17.0. The van der Waals surface area contributed by atoms with Crippen LogP contribution in [0.4, 0.5) is 5.69 Å². The van der Waals surface area contributed by atoms with Crippen LogP contribution in [0.3, 0.4) is 0 Å². The Bertz CT molecular complexity index is 904. The molecule has 3 rings (SSSR count). The summed E-state index contributed by atoms with van der Waals surface area (Å²) in [6, 6.07) is 17.6. The lowest BCUT2D eigenvalue weighted by Gasteiger charge is -2.09. The molecule has 1 aromatic heterocycles. The summed E-state index contributed by atoms with van der Waals surface area (Å²) >= 11 is 0. The van der Waals surface area contributed by atoms with Gasteiger partial charge in [-0.15, -0.1) is 0 Å². The number of aryl methyl sites for hydroxylation is 1. The molecule has 1 heterocycles. The predicted octanol–water partition coefficient (Wildman–Crippen LogP) is 4.09. The second kappa shape index (κ2) is 6.88. The normalized spacial score (nSPS) is 11.4. The maximum absolute atomic E-state index is 12.7. The van der Waals surface area contributed by atoms with E-state index in [0.29, 0.717) is 23.6 Å². The van der Waals surface area contributed by atoms with Crippen molar-refractivity contribution in [3.63, 3.8) is 0 Å². The first-order chi connectivity index (χ1) is 11.6. The summed E-state index contributed by atoms with van der Waals surface area (Å²) < 4.78 is 33.4. The maximum atomic E-state index is 12.7. The van der Waals surface area contributed by atoms with Crippen molar-refractivity contribution in [1.29, 1.82) is 0 Å². The molecule has 0 fully saturated rings. The van der Waals surface area contributed by atoms with E-state index < -0.39 is 10.0 Å². The molecule has 0 unspecified atom stereocenters. The number of rotatable bonds is 6. The summed E-state index contributed by atoms with van der Waals surface area (Å²) in [5, 5.41) is 4.08. The molecule has 1 N–H and O–H groups in total. The topological polar surface area (TPSA) is 72.2 Å². The minimum atomic E-state index is -3.70. The highest BCUT2D eigenvalue weighted by atomic mass is 32.2. The van der Waals surface area contributed by atoms with Crippen LogP contribution in [0.5, 0.6) is 0 Å². The summed E-state index contributed by atoms with van der Waals surface area (Å²) in [4.78, 5) is 0.202. The molecule has 0 spiro atoms. The molecular weight excluding hydrogens is 324 g/mol. The molecule has 0 atom stereocenters. The number of nitrogens with zero attached hydrogens (tertiary/aromatic N) is 1. The molecule has 0 saturated carbocycles. The molecule has 24 heavy (non-hydrogen) atoms. The van der Waals surface area contributed by atoms with Gasteiger partial charge in [-0.2, -0.15) is 0 Å². The molecule has 0 bridgehead atoms. The average molecular weight is 342 g/mol. The fourth-order valence-corrected chi connectivity index (χ4v) is 3.53. The Labute approximate surface area is 141 Å². The number of nitrogens with one attached hydrogen (secondary N) is 1. The fourth-order valence-electron chi connectivity index (χ4n) is 2.41. The molecule has 6 heteroatoms. The molecule has 0 amide bonds. The van der Waals surface area contributed by atoms with Crippen molar-refractivity contribution in [1.82, 2.24) is 5.16 Å². The Hall–Kier alpha value is -2.60. The minimum absolute atomic E-state index is 0.202. The van der Waals surface area contributed by atoms with E-state index in [1.54, 1.807) is 30.3 Å². The summed E-state index contributed by atoms with van der Waals surface area (Å²) in [5.74, 6) is 0.538. The zero-order valence-corrected chi connectivity index (χ0v) is 14.1. The van der Waals surface area contributed by atoms with E-state index in [0.717, 1.165) is 12.0 Å². The van der Waals surface area contributed by atoms with E-state index in [2.05, 4.69) is 9.88 Å². The van der Waals surface area contributed by atoms with Gasteiger partial charge in [-0.25, -0.2) is 8.42 Å². The molecule has 0 aliphatic rings. The maximum Gasteiger partial charge on any atom is 0.262 e. The molecule has 0 aliphatic carbocycles. The van der Waals surface area contributed by atoms with Crippen molar-refractivity contribution in [2.24, 2.45) is 0 Å². The molecule has 0 radical (unpaired) electrons. The summed E-state index contributed by atoms with van der Waals surface area (Å²) in [5.41, 5.74) is 1.71. The number of sulfonamides is 1. The first kappa shape index (κ1) is 16.3. The second-order valence-electron chi connectivity index (χ2n) is 5.36. The van der Waals surface area contributed by atoms with Gasteiger partial charge in [0.05, 0.1) is 4.90 Å². The number of hydrogen-bond acceptors (Lipinski definition) is 4. The third-order valence-corrected chi connectivity index (χ3v) is 4.94. The van der Waals surface area contributed by atoms with Gasteiger partial charge in [0.25, 0.3) is 10.0 Å². The molecule has 124 valence electrons. The summed E-state index contributed by atoms with van der Waals surface area (Å²) in [6.07, 6.45) is 1.43. The van der Waals surface area contributed by atoms with Crippen LogP contribution in [0.2, 0.25) is 0 Å². The summed E-state index contributed by atoms with van der Waals surface area (Å²) in [6.45, 7) is 2.00. The fraction of sp³-hybridized carbons (Fsp3) is 0.167. The Balaban J connectivity index is 2.05. The van der Waals surface area contributed by atoms with Gasteiger partial charge in [0.1, 0.15) is 11.4 Å². The highest BCUT2D eigenvalue weighted by molar-refractivity contribution is 7.92. The minimum Gasteiger partial charge on any atom is -0.358 e. The Morgan fingerprint density at radius 3 is 2.25 bits per heavy atom. The van der Waals surface area contributed by atoms with Crippen LogP contribution in [0.15, 0.2) is 70.1 Å².